The molecule has 0 radical (unpaired) electrons. The molecule has 1 aromatic rings. The summed E-state index contributed by atoms with van der Waals surface area (Å²) in [6.07, 6.45) is 1.01. The fraction of sp³-hybridized carbons (Fsp3) is 0.696. The predicted molar refractivity (Wildman–Crippen MR) is 125 cm³/mol. The van der Waals surface area contributed by atoms with Crippen LogP contribution >= 0.6 is 0 Å². The van der Waals surface area contributed by atoms with Crippen molar-refractivity contribution in [2.75, 3.05) is 62.3 Å². The maximum absolute atomic E-state index is 13.2. The molecular weight excluding hydrogens is 414 g/mol. The maximum Gasteiger partial charge on any atom is 0.320 e. The van der Waals surface area contributed by atoms with Crippen LogP contribution in [0.1, 0.15) is 34.1 Å². The molecule has 31 heavy (non-hydrogen) atoms. The Balaban J connectivity index is 1.74. The highest BCUT2D eigenvalue weighted by molar-refractivity contribution is 7.91. The number of rotatable bonds is 4. The zero-order valence-electron chi connectivity index (χ0n) is 19.3. The number of amides is 2. The van der Waals surface area contributed by atoms with Gasteiger partial charge in [-0.3, -0.25) is 0 Å². The molecule has 3 rings (SSSR count). The van der Waals surface area contributed by atoms with E-state index in [9.17, 15) is 13.2 Å². The number of ether oxygens (including phenoxy) is 1. The van der Waals surface area contributed by atoms with Crippen molar-refractivity contribution in [3.63, 3.8) is 0 Å². The van der Waals surface area contributed by atoms with Gasteiger partial charge in [0.15, 0.2) is 9.84 Å². The Morgan fingerprint density at radius 3 is 2.23 bits per heavy atom. The first kappa shape index (κ1) is 23.7. The van der Waals surface area contributed by atoms with Gasteiger partial charge >= 0.3 is 6.03 Å². The van der Waals surface area contributed by atoms with Crippen molar-refractivity contribution in [1.82, 2.24) is 9.80 Å². The number of carbonyl (C=O) groups is 1. The summed E-state index contributed by atoms with van der Waals surface area (Å²) in [5, 5.41) is 0. The zero-order valence-corrected chi connectivity index (χ0v) is 20.2. The summed E-state index contributed by atoms with van der Waals surface area (Å²) in [6.45, 7) is 12.9. The number of urea groups is 1. The lowest BCUT2D eigenvalue weighted by molar-refractivity contribution is 0.148. The van der Waals surface area contributed by atoms with Gasteiger partial charge in [0.1, 0.15) is 5.75 Å². The summed E-state index contributed by atoms with van der Waals surface area (Å²) in [5.41, 5.74) is 1.30. The van der Waals surface area contributed by atoms with Crippen molar-refractivity contribution in [3.05, 3.63) is 24.3 Å². The van der Waals surface area contributed by atoms with Crippen LogP contribution in [0.15, 0.2) is 24.3 Å². The summed E-state index contributed by atoms with van der Waals surface area (Å²) in [6, 6.07) is 8.15. The second-order valence-electron chi connectivity index (χ2n) is 9.87. The Hall–Kier alpha value is -1.96. The standard InChI is InChI=1S/C23H37N3O4S/c1-5-30-21-8-6-20(7-9-21)25-10-11-26(18-19(17-25)16-23(2,3)4)22(27)24-12-14-31(28,29)15-13-24/h6-9,19H,5,10-18H2,1-4H3/t19-/m0/s1. The highest BCUT2D eigenvalue weighted by Crippen LogP contribution is 2.29. The van der Waals surface area contributed by atoms with Gasteiger partial charge in [0.25, 0.3) is 0 Å². The van der Waals surface area contributed by atoms with Crippen LogP contribution in [-0.2, 0) is 9.84 Å². The zero-order chi connectivity index (χ0) is 22.6. The number of nitrogens with zero attached hydrogens (tertiary/aromatic N) is 3. The van der Waals surface area contributed by atoms with E-state index in [-0.39, 0.29) is 23.0 Å². The molecule has 174 valence electrons. The van der Waals surface area contributed by atoms with Gasteiger partial charge in [-0.15, -0.1) is 0 Å². The van der Waals surface area contributed by atoms with Crippen molar-refractivity contribution >= 4 is 21.6 Å². The molecule has 1 aromatic carbocycles. The van der Waals surface area contributed by atoms with Crippen LogP contribution in [0.3, 0.4) is 0 Å². The van der Waals surface area contributed by atoms with Gasteiger partial charge in [-0.2, -0.15) is 0 Å². The number of hydrogen-bond donors (Lipinski definition) is 0. The number of hydrogen-bond acceptors (Lipinski definition) is 5. The van der Waals surface area contributed by atoms with Crippen LogP contribution in [0.4, 0.5) is 10.5 Å². The topological polar surface area (TPSA) is 70.2 Å². The van der Waals surface area contributed by atoms with E-state index in [1.807, 2.05) is 24.0 Å². The Morgan fingerprint density at radius 1 is 1.00 bits per heavy atom. The first-order chi connectivity index (χ1) is 14.6. The molecule has 2 aliphatic heterocycles. The average molecular weight is 452 g/mol. The molecule has 2 aliphatic rings. The Morgan fingerprint density at radius 2 is 1.65 bits per heavy atom. The first-order valence-corrected chi connectivity index (χ1v) is 13.1. The molecule has 0 aliphatic carbocycles. The molecule has 0 aromatic heterocycles. The average Bonchev–Trinajstić information content (AvgIpc) is 2.89. The summed E-state index contributed by atoms with van der Waals surface area (Å²) < 4.78 is 29.1. The van der Waals surface area contributed by atoms with Crippen molar-refractivity contribution in [2.24, 2.45) is 11.3 Å². The molecule has 8 heteroatoms. The lowest BCUT2D eigenvalue weighted by atomic mass is 9.84. The van der Waals surface area contributed by atoms with E-state index < -0.39 is 9.84 Å². The third-order valence-electron chi connectivity index (χ3n) is 5.90. The van der Waals surface area contributed by atoms with Gasteiger partial charge in [0.05, 0.1) is 18.1 Å². The van der Waals surface area contributed by atoms with Crippen molar-refractivity contribution < 1.29 is 17.9 Å². The molecule has 2 fully saturated rings. The molecule has 0 unspecified atom stereocenters. The summed E-state index contributed by atoms with van der Waals surface area (Å²) in [7, 11) is -3.01. The SMILES string of the molecule is CCOc1ccc(N2CCN(C(=O)N3CCS(=O)(=O)CC3)C[C@@H](CC(C)(C)C)C2)cc1. The fourth-order valence-electron chi connectivity index (χ4n) is 4.53. The van der Waals surface area contributed by atoms with Gasteiger partial charge < -0.3 is 19.4 Å². The van der Waals surface area contributed by atoms with Gasteiger partial charge in [0, 0.05) is 45.0 Å². The number of benzene rings is 1. The smallest absolute Gasteiger partial charge is 0.320 e. The normalized spacial score (nSPS) is 22.2. The number of carbonyl (C=O) groups excluding carboxylic acids is 1. The predicted octanol–water partition coefficient (Wildman–Crippen LogP) is 3.11. The largest absolute Gasteiger partial charge is 0.494 e. The summed E-state index contributed by atoms with van der Waals surface area (Å²) >= 11 is 0. The van der Waals surface area contributed by atoms with Gasteiger partial charge in [-0.1, -0.05) is 20.8 Å². The Kier molecular flexibility index (Phi) is 7.39. The summed E-state index contributed by atoms with van der Waals surface area (Å²) in [5.74, 6) is 1.34. The van der Waals surface area contributed by atoms with Crippen molar-refractivity contribution in [2.45, 2.75) is 34.1 Å². The van der Waals surface area contributed by atoms with Crippen LogP contribution < -0.4 is 9.64 Å². The Labute approximate surface area is 187 Å². The maximum atomic E-state index is 13.2. The second-order valence-corrected chi connectivity index (χ2v) is 12.2. The Bertz CT molecular complexity index is 835. The van der Waals surface area contributed by atoms with E-state index in [4.69, 9.17) is 4.74 Å². The third-order valence-corrected chi connectivity index (χ3v) is 7.51. The first-order valence-electron chi connectivity index (χ1n) is 11.3. The molecule has 0 bridgehead atoms. The molecule has 0 spiro atoms. The highest BCUT2D eigenvalue weighted by Gasteiger charge is 2.33. The summed E-state index contributed by atoms with van der Waals surface area (Å²) in [4.78, 5) is 19.2. The van der Waals surface area contributed by atoms with E-state index >= 15 is 0 Å². The van der Waals surface area contributed by atoms with E-state index in [1.54, 1.807) is 4.90 Å². The van der Waals surface area contributed by atoms with Crippen LogP contribution in [0, 0.1) is 11.3 Å². The molecule has 2 saturated heterocycles. The minimum absolute atomic E-state index is 0.0256. The van der Waals surface area contributed by atoms with Crippen molar-refractivity contribution in [3.8, 4) is 5.75 Å². The number of sulfone groups is 1. The lowest BCUT2D eigenvalue weighted by Gasteiger charge is -2.34. The van der Waals surface area contributed by atoms with E-state index in [0.29, 0.717) is 38.7 Å². The highest BCUT2D eigenvalue weighted by atomic mass is 32.2. The van der Waals surface area contributed by atoms with Gasteiger partial charge in [-0.25, -0.2) is 13.2 Å². The molecule has 2 amide bonds. The van der Waals surface area contributed by atoms with Crippen LogP contribution in [0.2, 0.25) is 0 Å². The molecule has 0 N–H and O–H groups in total. The van der Waals surface area contributed by atoms with Gasteiger partial charge in [-0.05, 0) is 48.9 Å². The fourth-order valence-corrected chi connectivity index (χ4v) is 5.73. The molecule has 7 nitrogen and oxygen atoms in total. The lowest BCUT2D eigenvalue weighted by Crippen LogP contribution is -2.51. The van der Waals surface area contributed by atoms with Crippen molar-refractivity contribution in [1.29, 1.82) is 0 Å². The van der Waals surface area contributed by atoms with Crippen LogP contribution in [0.25, 0.3) is 0 Å². The monoisotopic (exact) mass is 451 g/mol. The minimum atomic E-state index is -3.01. The quantitative estimate of drug-likeness (QED) is 0.704. The van der Waals surface area contributed by atoms with E-state index in [0.717, 1.165) is 30.9 Å². The molecule has 2 heterocycles. The molecule has 0 saturated carbocycles. The third kappa shape index (κ3) is 6.76. The minimum Gasteiger partial charge on any atom is -0.494 e. The molecule has 1 atom stereocenters. The van der Waals surface area contributed by atoms with E-state index in [1.165, 1.54) is 0 Å². The second kappa shape index (κ2) is 9.67. The van der Waals surface area contributed by atoms with Gasteiger partial charge in [0.2, 0.25) is 0 Å². The van der Waals surface area contributed by atoms with Crippen LogP contribution in [-0.4, -0.2) is 81.6 Å². The van der Waals surface area contributed by atoms with E-state index in [2.05, 4.69) is 37.8 Å². The number of anilines is 1. The molecular formula is C23H37N3O4S. The van der Waals surface area contributed by atoms with Crippen LogP contribution in [0.5, 0.6) is 5.75 Å².